The van der Waals surface area contributed by atoms with E-state index in [1.54, 1.807) is 12.1 Å². The van der Waals surface area contributed by atoms with E-state index in [2.05, 4.69) is 12.2 Å². The summed E-state index contributed by atoms with van der Waals surface area (Å²) in [4.78, 5) is 0. The van der Waals surface area contributed by atoms with Gasteiger partial charge in [-0.15, -0.1) is 0 Å². The lowest BCUT2D eigenvalue weighted by atomic mass is 9.82. The van der Waals surface area contributed by atoms with Crippen molar-refractivity contribution in [3.05, 3.63) is 35.1 Å². The summed E-state index contributed by atoms with van der Waals surface area (Å²) in [6.45, 7) is 2.73. The second kappa shape index (κ2) is 4.63. The normalized spacial score (nSPS) is 23.6. The zero-order valence-corrected chi connectivity index (χ0v) is 9.33. The van der Waals surface area contributed by atoms with Crippen LogP contribution in [0.1, 0.15) is 30.9 Å². The second-order valence-corrected chi connectivity index (χ2v) is 4.54. The largest absolute Gasteiger partial charge is 0.310 e. The third-order valence-electron chi connectivity index (χ3n) is 3.15. The molecule has 1 fully saturated rings. The monoisotopic (exact) mass is 218 g/mol. The van der Waals surface area contributed by atoms with Crippen molar-refractivity contribution in [2.24, 2.45) is 5.92 Å². The molecule has 1 aliphatic carbocycles. The van der Waals surface area contributed by atoms with Crippen molar-refractivity contribution in [2.75, 3.05) is 0 Å². The lowest BCUT2D eigenvalue weighted by Crippen LogP contribution is -2.39. The fraction of sp³-hybridized carbons (Fsp3) is 0.462. The third kappa shape index (κ3) is 2.23. The minimum absolute atomic E-state index is 0.126. The smallest absolute Gasteiger partial charge is 0.145 e. The maximum absolute atomic E-state index is 13.7. The third-order valence-corrected chi connectivity index (χ3v) is 3.15. The highest BCUT2D eigenvalue weighted by molar-refractivity contribution is 5.34. The molecule has 84 valence electrons. The van der Waals surface area contributed by atoms with Gasteiger partial charge in [0.05, 0.1) is 5.56 Å². The van der Waals surface area contributed by atoms with Crippen LogP contribution in [0.2, 0.25) is 0 Å². The molecule has 0 spiro atoms. The van der Waals surface area contributed by atoms with Crippen molar-refractivity contribution >= 4 is 0 Å². The SMILES string of the molecule is CC1CC(NCc2cccc(C#N)c2F)C1. The molecular weight excluding hydrogens is 203 g/mol. The fourth-order valence-corrected chi connectivity index (χ4v) is 2.13. The number of hydrogen-bond donors (Lipinski definition) is 1. The van der Waals surface area contributed by atoms with E-state index in [1.165, 1.54) is 18.9 Å². The molecule has 0 heterocycles. The molecular formula is C13H15FN2. The van der Waals surface area contributed by atoms with Crippen LogP contribution in [0.25, 0.3) is 0 Å². The van der Waals surface area contributed by atoms with Gasteiger partial charge in [-0.1, -0.05) is 19.1 Å². The molecule has 2 nitrogen and oxygen atoms in total. The number of halogens is 1. The Morgan fingerprint density at radius 3 is 2.88 bits per heavy atom. The predicted octanol–water partition coefficient (Wildman–Crippen LogP) is 2.59. The first-order valence-electron chi connectivity index (χ1n) is 5.61. The molecule has 0 amide bonds. The molecule has 0 atom stereocenters. The van der Waals surface area contributed by atoms with Crippen molar-refractivity contribution in [1.29, 1.82) is 5.26 Å². The Balaban J connectivity index is 1.97. The van der Waals surface area contributed by atoms with E-state index in [0.29, 0.717) is 18.2 Å². The Morgan fingerprint density at radius 1 is 1.50 bits per heavy atom. The summed E-state index contributed by atoms with van der Waals surface area (Å²) < 4.78 is 13.7. The molecule has 0 radical (unpaired) electrons. The van der Waals surface area contributed by atoms with Crippen LogP contribution in [0.4, 0.5) is 4.39 Å². The average Bonchev–Trinajstić information content (AvgIpc) is 2.24. The molecule has 0 aliphatic heterocycles. The predicted molar refractivity (Wildman–Crippen MR) is 60.1 cm³/mol. The summed E-state index contributed by atoms with van der Waals surface area (Å²) in [6.07, 6.45) is 2.33. The van der Waals surface area contributed by atoms with Gasteiger partial charge in [0.1, 0.15) is 11.9 Å². The average molecular weight is 218 g/mol. The number of nitriles is 1. The van der Waals surface area contributed by atoms with Crippen LogP contribution in [-0.2, 0) is 6.54 Å². The van der Waals surface area contributed by atoms with Crippen molar-refractivity contribution in [1.82, 2.24) is 5.32 Å². The minimum Gasteiger partial charge on any atom is -0.310 e. The van der Waals surface area contributed by atoms with Crippen molar-refractivity contribution in [2.45, 2.75) is 32.4 Å². The zero-order valence-electron chi connectivity index (χ0n) is 9.33. The first-order chi connectivity index (χ1) is 7.70. The van der Waals surface area contributed by atoms with E-state index in [0.717, 1.165) is 5.92 Å². The highest BCUT2D eigenvalue weighted by Gasteiger charge is 2.24. The van der Waals surface area contributed by atoms with E-state index in [4.69, 9.17) is 5.26 Å². The summed E-state index contributed by atoms with van der Waals surface area (Å²) in [7, 11) is 0. The first-order valence-corrected chi connectivity index (χ1v) is 5.61. The standard InChI is InChI=1S/C13H15FN2/c1-9-5-12(6-9)16-8-11-4-2-3-10(7-15)13(11)14/h2-4,9,12,16H,5-6,8H2,1H3. The first kappa shape index (κ1) is 11.1. The summed E-state index contributed by atoms with van der Waals surface area (Å²) in [5.41, 5.74) is 0.708. The molecule has 0 bridgehead atoms. The van der Waals surface area contributed by atoms with Gasteiger partial charge in [-0.25, -0.2) is 4.39 Å². The highest BCUT2D eigenvalue weighted by Crippen LogP contribution is 2.26. The molecule has 0 saturated heterocycles. The molecule has 0 unspecified atom stereocenters. The summed E-state index contributed by atoms with van der Waals surface area (Å²) in [5.74, 6) is 0.401. The number of nitrogens with zero attached hydrogens (tertiary/aromatic N) is 1. The summed E-state index contributed by atoms with van der Waals surface area (Å²) >= 11 is 0. The number of benzene rings is 1. The van der Waals surface area contributed by atoms with Gasteiger partial charge in [0.2, 0.25) is 0 Å². The van der Waals surface area contributed by atoms with Crippen LogP contribution in [0.3, 0.4) is 0 Å². The van der Waals surface area contributed by atoms with Crippen molar-refractivity contribution in [3.63, 3.8) is 0 Å². The Labute approximate surface area is 95.1 Å². The van der Waals surface area contributed by atoms with Gasteiger partial charge >= 0.3 is 0 Å². The van der Waals surface area contributed by atoms with Crippen LogP contribution in [0, 0.1) is 23.1 Å². The molecule has 2 rings (SSSR count). The van der Waals surface area contributed by atoms with Crippen LogP contribution < -0.4 is 5.32 Å². The van der Waals surface area contributed by atoms with E-state index in [9.17, 15) is 4.39 Å². The maximum Gasteiger partial charge on any atom is 0.145 e. The molecule has 16 heavy (non-hydrogen) atoms. The molecule has 1 N–H and O–H groups in total. The molecule has 3 heteroatoms. The van der Waals surface area contributed by atoms with Crippen LogP contribution in [0.15, 0.2) is 18.2 Å². The molecule has 1 aromatic carbocycles. The highest BCUT2D eigenvalue weighted by atomic mass is 19.1. The van der Waals surface area contributed by atoms with E-state index in [-0.39, 0.29) is 11.4 Å². The Morgan fingerprint density at radius 2 is 2.25 bits per heavy atom. The Bertz CT molecular complexity index is 416. The van der Waals surface area contributed by atoms with Gasteiger partial charge in [-0.05, 0) is 24.8 Å². The maximum atomic E-state index is 13.7. The van der Waals surface area contributed by atoms with E-state index < -0.39 is 0 Å². The Kier molecular flexibility index (Phi) is 3.21. The van der Waals surface area contributed by atoms with Gasteiger partial charge in [0, 0.05) is 18.2 Å². The van der Waals surface area contributed by atoms with Gasteiger partial charge in [0.25, 0.3) is 0 Å². The molecule has 1 aromatic rings. The number of nitrogens with one attached hydrogen (secondary N) is 1. The van der Waals surface area contributed by atoms with Crippen LogP contribution >= 0.6 is 0 Å². The Hall–Kier alpha value is -1.40. The van der Waals surface area contributed by atoms with E-state index in [1.807, 2.05) is 6.07 Å². The van der Waals surface area contributed by atoms with Gasteiger partial charge in [-0.3, -0.25) is 0 Å². The van der Waals surface area contributed by atoms with Gasteiger partial charge in [-0.2, -0.15) is 5.26 Å². The lowest BCUT2D eigenvalue weighted by molar-refractivity contribution is 0.239. The number of rotatable bonds is 3. The molecule has 0 aromatic heterocycles. The van der Waals surface area contributed by atoms with Gasteiger partial charge in [0.15, 0.2) is 0 Å². The zero-order chi connectivity index (χ0) is 11.5. The fourth-order valence-electron chi connectivity index (χ4n) is 2.13. The lowest BCUT2D eigenvalue weighted by Gasteiger charge is -2.33. The molecule has 1 saturated carbocycles. The topological polar surface area (TPSA) is 35.8 Å². The second-order valence-electron chi connectivity index (χ2n) is 4.54. The number of hydrogen-bond acceptors (Lipinski definition) is 2. The van der Waals surface area contributed by atoms with Crippen LogP contribution in [-0.4, -0.2) is 6.04 Å². The summed E-state index contributed by atoms with van der Waals surface area (Å²) in [6, 6.07) is 7.33. The minimum atomic E-state index is -0.384. The van der Waals surface area contributed by atoms with Crippen molar-refractivity contribution < 1.29 is 4.39 Å². The van der Waals surface area contributed by atoms with Gasteiger partial charge < -0.3 is 5.32 Å². The molecule has 1 aliphatic rings. The van der Waals surface area contributed by atoms with E-state index >= 15 is 0 Å². The van der Waals surface area contributed by atoms with Crippen LogP contribution in [0.5, 0.6) is 0 Å². The quantitative estimate of drug-likeness (QED) is 0.846. The van der Waals surface area contributed by atoms with Crippen molar-refractivity contribution in [3.8, 4) is 6.07 Å². The summed E-state index contributed by atoms with van der Waals surface area (Å²) in [5, 5.41) is 12.0.